The summed E-state index contributed by atoms with van der Waals surface area (Å²) in [5, 5.41) is 17.4. The smallest absolute Gasteiger partial charge is 0.234 e. The fourth-order valence-electron chi connectivity index (χ4n) is 2.28. The lowest BCUT2D eigenvalue weighted by atomic mass is 10.1. The molecular formula is C18H20N4OS2. The highest BCUT2D eigenvalue weighted by molar-refractivity contribution is 8.01. The summed E-state index contributed by atoms with van der Waals surface area (Å²) in [6.45, 7) is 5.14. The number of carbonyl (C=O) groups is 1. The molecule has 0 atom stereocenters. The lowest BCUT2D eigenvalue weighted by Gasteiger charge is -2.08. The van der Waals surface area contributed by atoms with Gasteiger partial charge in [0.15, 0.2) is 4.34 Å². The molecule has 0 unspecified atom stereocenters. The van der Waals surface area contributed by atoms with Crippen molar-refractivity contribution in [1.29, 1.82) is 0 Å². The van der Waals surface area contributed by atoms with Crippen LogP contribution in [0.15, 0.2) is 46.8 Å². The SMILES string of the molecule is CC(C)CNc1nnc(SCC(=O)Nc2cccc3ccccc23)s1. The van der Waals surface area contributed by atoms with Crippen molar-refractivity contribution in [1.82, 2.24) is 10.2 Å². The lowest BCUT2D eigenvalue weighted by molar-refractivity contribution is -0.113. The zero-order valence-electron chi connectivity index (χ0n) is 14.2. The van der Waals surface area contributed by atoms with Gasteiger partial charge in [0.05, 0.1) is 5.75 Å². The second-order valence-corrected chi connectivity index (χ2v) is 8.21. The maximum absolute atomic E-state index is 12.3. The summed E-state index contributed by atoms with van der Waals surface area (Å²) in [5.41, 5.74) is 0.834. The number of carbonyl (C=O) groups excluding carboxylic acids is 1. The minimum atomic E-state index is -0.0479. The van der Waals surface area contributed by atoms with Gasteiger partial charge >= 0.3 is 0 Å². The van der Waals surface area contributed by atoms with Gasteiger partial charge in [-0.25, -0.2) is 0 Å². The molecule has 3 rings (SSSR count). The molecule has 0 spiro atoms. The first-order chi connectivity index (χ1) is 12.1. The summed E-state index contributed by atoms with van der Waals surface area (Å²) in [6.07, 6.45) is 0. The first kappa shape index (κ1) is 17.7. The molecule has 2 N–H and O–H groups in total. The number of aromatic nitrogens is 2. The molecule has 130 valence electrons. The zero-order valence-corrected chi connectivity index (χ0v) is 15.8. The van der Waals surface area contributed by atoms with Crippen molar-refractivity contribution >= 4 is 50.6 Å². The van der Waals surface area contributed by atoms with E-state index in [4.69, 9.17) is 0 Å². The number of hydrogen-bond donors (Lipinski definition) is 2. The Bertz CT molecular complexity index is 858. The molecule has 0 fully saturated rings. The molecule has 0 saturated heterocycles. The number of benzene rings is 2. The van der Waals surface area contributed by atoms with E-state index in [2.05, 4.69) is 34.7 Å². The molecule has 5 nitrogen and oxygen atoms in total. The van der Waals surface area contributed by atoms with Crippen LogP contribution in [-0.4, -0.2) is 28.4 Å². The van der Waals surface area contributed by atoms with Crippen LogP contribution in [0.3, 0.4) is 0 Å². The summed E-state index contributed by atoms with van der Waals surface area (Å²) in [7, 11) is 0. The summed E-state index contributed by atoms with van der Waals surface area (Å²) >= 11 is 2.88. The van der Waals surface area contributed by atoms with Crippen molar-refractivity contribution in [2.24, 2.45) is 5.92 Å². The summed E-state index contributed by atoms with van der Waals surface area (Å²) in [6, 6.07) is 13.9. The number of amides is 1. The number of nitrogens with one attached hydrogen (secondary N) is 2. The minimum Gasteiger partial charge on any atom is -0.360 e. The number of fused-ring (bicyclic) bond motifs is 1. The summed E-state index contributed by atoms with van der Waals surface area (Å²) in [4.78, 5) is 12.3. The van der Waals surface area contributed by atoms with Crippen LogP contribution in [0.1, 0.15) is 13.8 Å². The van der Waals surface area contributed by atoms with Gasteiger partial charge in [-0.05, 0) is 17.4 Å². The fraction of sp³-hybridized carbons (Fsp3) is 0.278. The Kier molecular flexibility index (Phi) is 5.88. The van der Waals surface area contributed by atoms with E-state index in [-0.39, 0.29) is 5.91 Å². The predicted octanol–water partition coefficient (Wildman–Crippen LogP) is 4.49. The molecule has 3 aromatic rings. The first-order valence-electron chi connectivity index (χ1n) is 8.09. The Morgan fingerprint density at radius 3 is 2.80 bits per heavy atom. The maximum Gasteiger partial charge on any atom is 0.234 e. The largest absolute Gasteiger partial charge is 0.360 e. The Balaban J connectivity index is 1.56. The van der Waals surface area contributed by atoms with E-state index in [1.807, 2.05) is 42.5 Å². The van der Waals surface area contributed by atoms with Gasteiger partial charge in [-0.3, -0.25) is 4.79 Å². The normalized spacial score (nSPS) is 11.0. The number of rotatable bonds is 7. The Labute approximate surface area is 155 Å². The van der Waals surface area contributed by atoms with Crippen LogP contribution in [-0.2, 0) is 4.79 Å². The Morgan fingerprint density at radius 1 is 1.16 bits per heavy atom. The minimum absolute atomic E-state index is 0.0479. The average Bonchev–Trinajstić information content (AvgIpc) is 3.06. The highest BCUT2D eigenvalue weighted by atomic mass is 32.2. The highest BCUT2D eigenvalue weighted by Gasteiger charge is 2.10. The maximum atomic E-state index is 12.3. The van der Waals surface area contributed by atoms with E-state index >= 15 is 0 Å². The third kappa shape index (κ3) is 4.93. The third-order valence-electron chi connectivity index (χ3n) is 3.46. The van der Waals surface area contributed by atoms with Crippen molar-refractivity contribution in [3.8, 4) is 0 Å². The van der Waals surface area contributed by atoms with E-state index < -0.39 is 0 Å². The van der Waals surface area contributed by atoms with Crippen LogP contribution < -0.4 is 10.6 Å². The number of anilines is 2. The molecule has 0 saturated carbocycles. The Hall–Kier alpha value is -2.12. The number of hydrogen-bond acceptors (Lipinski definition) is 6. The van der Waals surface area contributed by atoms with Gasteiger partial charge in [0, 0.05) is 17.6 Å². The number of thioether (sulfide) groups is 1. The van der Waals surface area contributed by atoms with Gasteiger partial charge in [-0.1, -0.05) is 73.3 Å². The summed E-state index contributed by atoms with van der Waals surface area (Å²) < 4.78 is 0.791. The lowest BCUT2D eigenvalue weighted by Crippen LogP contribution is -2.14. The molecule has 25 heavy (non-hydrogen) atoms. The van der Waals surface area contributed by atoms with E-state index in [0.29, 0.717) is 11.7 Å². The van der Waals surface area contributed by atoms with Gasteiger partial charge < -0.3 is 10.6 Å². The highest BCUT2D eigenvalue weighted by Crippen LogP contribution is 2.27. The van der Waals surface area contributed by atoms with E-state index in [9.17, 15) is 4.79 Å². The third-order valence-corrected chi connectivity index (χ3v) is 5.47. The molecule has 0 aliphatic rings. The quantitative estimate of drug-likeness (QED) is 0.598. The molecule has 1 heterocycles. The van der Waals surface area contributed by atoms with Crippen LogP contribution in [0.5, 0.6) is 0 Å². The van der Waals surface area contributed by atoms with Gasteiger partial charge in [0.1, 0.15) is 0 Å². The van der Waals surface area contributed by atoms with Crippen LogP contribution in [0.4, 0.5) is 10.8 Å². The van der Waals surface area contributed by atoms with Crippen molar-refractivity contribution in [2.75, 3.05) is 22.9 Å². The summed E-state index contributed by atoms with van der Waals surface area (Å²) in [5.74, 6) is 0.807. The van der Waals surface area contributed by atoms with Crippen LogP contribution in [0, 0.1) is 5.92 Å². The molecule has 1 aromatic heterocycles. The predicted molar refractivity (Wildman–Crippen MR) is 107 cm³/mol. The molecule has 0 radical (unpaired) electrons. The Morgan fingerprint density at radius 2 is 1.96 bits per heavy atom. The second-order valence-electron chi connectivity index (χ2n) is 6.01. The van der Waals surface area contributed by atoms with Gasteiger partial charge in [0.2, 0.25) is 11.0 Å². The van der Waals surface area contributed by atoms with Crippen LogP contribution >= 0.6 is 23.1 Å². The molecule has 1 amide bonds. The molecule has 7 heteroatoms. The van der Waals surface area contributed by atoms with E-state index in [1.54, 1.807) is 0 Å². The van der Waals surface area contributed by atoms with Crippen molar-refractivity contribution in [2.45, 2.75) is 18.2 Å². The molecule has 0 bridgehead atoms. The van der Waals surface area contributed by atoms with Gasteiger partial charge in [-0.15, -0.1) is 10.2 Å². The zero-order chi connectivity index (χ0) is 17.6. The van der Waals surface area contributed by atoms with Gasteiger partial charge in [-0.2, -0.15) is 0 Å². The number of nitrogens with zero attached hydrogens (tertiary/aromatic N) is 2. The fourth-order valence-corrected chi connectivity index (χ4v) is 3.84. The second kappa shape index (κ2) is 8.31. The van der Waals surface area contributed by atoms with E-state index in [0.717, 1.165) is 32.5 Å². The first-order valence-corrected chi connectivity index (χ1v) is 9.90. The monoisotopic (exact) mass is 372 g/mol. The average molecular weight is 373 g/mol. The van der Waals surface area contributed by atoms with Crippen LogP contribution in [0.25, 0.3) is 10.8 Å². The topological polar surface area (TPSA) is 66.9 Å². The molecule has 0 aliphatic carbocycles. The van der Waals surface area contributed by atoms with Crippen molar-refractivity contribution in [3.63, 3.8) is 0 Å². The standard InChI is InChI=1S/C18H20N4OS2/c1-12(2)10-19-17-21-22-18(25-17)24-11-16(23)20-15-9-5-7-13-6-3-4-8-14(13)15/h3-9,12H,10-11H2,1-2H3,(H,19,21)(H,20,23). The van der Waals surface area contributed by atoms with Crippen LogP contribution in [0.2, 0.25) is 0 Å². The van der Waals surface area contributed by atoms with Crippen molar-refractivity contribution in [3.05, 3.63) is 42.5 Å². The van der Waals surface area contributed by atoms with E-state index in [1.165, 1.54) is 23.1 Å². The molecule has 0 aliphatic heterocycles. The van der Waals surface area contributed by atoms with Crippen molar-refractivity contribution < 1.29 is 4.79 Å². The molecular weight excluding hydrogens is 352 g/mol. The van der Waals surface area contributed by atoms with Gasteiger partial charge in [0.25, 0.3) is 0 Å². The molecule has 2 aromatic carbocycles.